The van der Waals surface area contributed by atoms with Gasteiger partial charge in [-0.25, -0.2) is 9.18 Å². The minimum absolute atomic E-state index is 0.103. The number of carbonyl (C=O) groups excluding carboxylic acids is 2. The van der Waals surface area contributed by atoms with Crippen LogP contribution in [0.3, 0.4) is 0 Å². The number of carbonyl (C=O) groups is 2. The summed E-state index contributed by atoms with van der Waals surface area (Å²) in [7, 11) is 0. The predicted octanol–water partition coefficient (Wildman–Crippen LogP) is 3.36. The van der Waals surface area contributed by atoms with Crippen LogP contribution in [0.2, 0.25) is 0 Å². The fourth-order valence-corrected chi connectivity index (χ4v) is 4.65. The van der Waals surface area contributed by atoms with E-state index in [4.69, 9.17) is 14.2 Å². The second kappa shape index (κ2) is 10.2. The molecule has 1 fully saturated rings. The molecule has 0 aliphatic carbocycles. The molecule has 36 heavy (non-hydrogen) atoms. The van der Waals surface area contributed by atoms with Gasteiger partial charge >= 0.3 is 5.97 Å². The van der Waals surface area contributed by atoms with E-state index in [1.165, 1.54) is 18.2 Å². The van der Waals surface area contributed by atoms with Crippen LogP contribution in [0.15, 0.2) is 36.4 Å². The number of H-pyrrole nitrogens is 1. The van der Waals surface area contributed by atoms with Crippen LogP contribution in [0.1, 0.15) is 29.9 Å². The number of benzene rings is 2. The lowest BCUT2D eigenvalue weighted by Crippen LogP contribution is -2.52. The van der Waals surface area contributed by atoms with Crippen LogP contribution in [-0.4, -0.2) is 72.3 Å². The Morgan fingerprint density at radius 2 is 1.89 bits per heavy atom. The molecule has 1 atom stereocenters. The average Bonchev–Trinajstić information content (AvgIpc) is 3.48. The fourth-order valence-electron chi connectivity index (χ4n) is 4.65. The van der Waals surface area contributed by atoms with Gasteiger partial charge in [-0.15, -0.1) is 0 Å². The summed E-state index contributed by atoms with van der Waals surface area (Å²) in [5.41, 5.74) is 2.03. The van der Waals surface area contributed by atoms with Crippen molar-refractivity contribution in [3.05, 3.63) is 53.5 Å². The van der Waals surface area contributed by atoms with Crippen molar-refractivity contribution in [2.24, 2.45) is 0 Å². The molecule has 190 valence electrons. The van der Waals surface area contributed by atoms with E-state index < -0.39 is 17.8 Å². The van der Waals surface area contributed by atoms with Crippen molar-refractivity contribution < 1.29 is 28.2 Å². The monoisotopic (exact) mass is 496 g/mol. The Bertz CT molecular complexity index is 1280. The standard InChI is InChI=1S/C26H29FN4O5/c1-3-34-26(33)24-23(19-13-18(27)5-6-20(19)28-24)29-25(32)16(2)31-10-8-30(9-11-31)14-17-4-7-21-22(12-17)36-15-35-21/h4-7,12-13,16,28H,3,8-11,14-15H2,1-2H3,(H,29,32)/t16-/m1/s1. The van der Waals surface area contributed by atoms with E-state index >= 15 is 0 Å². The Morgan fingerprint density at radius 1 is 1.11 bits per heavy atom. The Kier molecular flexibility index (Phi) is 6.80. The third-order valence-corrected chi connectivity index (χ3v) is 6.67. The highest BCUT2D eigenvalue weighted by Crippen LogP contribution is 2.33. The molecule has 2 aliphatic heterocycles. The van der Waals surface area contributed by atoms with Crippen molar-refractivity contribution in [2.75, 3.05) is 44.9 Å². The SMILES string of the molecule is CCOC(=O)c1[nH]c2ccc(F)cc2c1NC(=O)[C@@H](C)N1CCN(Cc2ccc3c(c2)OCO3)CC1. The minimum atomic E-state index is -0.603. The average molecular weight is 497 g/mol. The lowest BCUT2D eigenvalue weighted by atomic mass is 10.1. The Labute approximate surface area is 208 Å². The lowest BCUT2D eigenvalue weighted by molar-refractivity contribution is -0.121. The number of fused-ring (bicyclic) bond motifs is 2. The highest BCUT2D eigenvalue weighted by Gasteiger charge is 2.28. The number of aromatic amines is 1. The number of piperazine rings is 1. The van der Waals surface area contributed by atoms with Crippen LogP contribution in [0, 0.1) is 5.82 Å². The number of nitrogens with one attached hydrogen (secondary N) is 2. The van der Waals surface area contributed by atoms with Crippen LogP contribution in [0.4, 0.5) is 10.1 Å². The molecular weight excluding hydrogens is 467 g/mol. The van der Waals surface area contributed by atoms with Gasteiger partial charge in [0.1, 0.15) is 11.5 Å². The number of esters is 1. The number of nitrogens with zero attached hydrogens (tertiary/aromatic N) is 2. The van der Waals surface area contributed by atoms with Gasteiger partial charge in [-0.05, 0) is 49.7 Å². The molecule has 1 amide bonds. The molecule has 0 bridgehead atoms. The second-order valence-corrected chi connectivity index (χ2v) is 8.95. The molecule has 3 heterocycles. The number of halogens is 1. The normalized spacial score (nSPS) is 16.8. The first kappa shape index (κ1) is 24.1. The molecule has 3 aromatic rings. The first-order valence-corrected chi connectivity index (χ1v) is 12.1. The second-order valence-electron chi connectivity index (χ2n) is 8.95. The molecule has 0 radical (unpaired) electrons. The van der Waals surface area contributed by atoms with Gasteiger partial charge in [-0.2, -0.15) is 0 Å². The van der Waals surface area contributed by atoms with Crippen molar-refractivity contribution in [3.8, 4) is 11.5 Å². The highest BCUT2D eigenvalue weighted by molar-refractivity contribution is 6.11. The van der Waals surface area contributed by atoms with Crippen LogP contribution in [0.25, 0.3) is 10.9 Å². The largest absolute Gasteiger partial charge is 0.461 e. The summed E-state index contributed by atoms with van der Waals surface area (Å²) >= 11 is 0. The van der Waals surface area contributed by atoms with E-state index in [0.29, 0.717) is 24.0 Å². The third kappa shape index (κ3) is 4.87. The molecular formula is C26H29FN4O5. The Morgan fingerprint density at radius 3 is 2.67 bits per heavy atom. The highest BCUT2D eigenvalue weighted by atomic mass is 19.1. The first-order valence-electron chi connectivity index (χ1n) is 12.1. The summed E-state index contributed by atoms with van der Waals surface area (Å²) < 4.78 is 29.9. The van der Waals surface area contributed by atoms with Crippen LogP contribution >= 0.6 is 0 Å². The van der Waals surface area contributed by atoms with Gasteiger partial charge in [0.2, 0.25) is 12.7 Å². The van der Waals surface area contributed by atoms with Crippen LogP contribution in [-0.2, 0) is 16.1 Å². The zero-order chi connectivity index (χ0) is 25.2. The molecule has 1 saturated heterocycles. The van der Waals surface area contributed by atoms with E-state index in [0.717, 1.165) is 36.7 Å². The number of rotatable bonds is 7. The molecule has 2 aliphatic rings. The summed E-state index contributed by atoms with van der Waals surface area (Å²) in [5.74, 6) is 0.214. The van der Waals surface area contributed by atoms with Crippen molar-refractivity contribution >= 4 is 28.5 Å². The maximum Gasteiger partial charge on any atom is 0.356 e. The molecule has 0 spiro atoms. The summed E-state index contributed by atoms with van der Waals surface area (Å²) in [6.07, 6.45) is 0. The van der Waals surface area contributed by atoms with E-state index in [1.807, 2.05) is 25.1 Å². The van der Waals surface area contributed by atoms with Gasteiger partial charge in [0, 0.05) is 43.6 Å². The van der Waals surface area contributed by atoms with E-state index in [1.54, 1.807) is 6.92 Å². The lowest BCUT2D eigenvalue weighted by Gasteiger charge is -2.37. The smallest absolute Gasteiger partial charge is 0.356 e. The van der Waals surface area contributed by atoms with Gasteiger partial charge in [-0.1, -0.05) is 6.07 Å². The number of aromatic nitrogens is 1. The third-order valence-electron chi connectivity index (χ3n) is 6.67. The number of anilines is 1. The van der Waals surface area contributed by atoms with E-state index in [9.17, 15) is 14.0 Å². The molecule has 2 N–H and O–H groups in total. The van der Waals surface area contributed by atoms with Crippen molar-refractivity contribution in [1.82, 2.24) is 14.8 Å². The van der Waals surface area contributed by atoms with Gasteiger partial charge < -0.3 is 24.5 Å². The molecule has 9 nitrogen and oxygen atoms in total. The maximum atomic E-state index is 14.0. The summed E-state index contributed by atoms with van der Waals surface area (Å²) in [5, 5.41) is 3.28. The van der Waals surface area contributed by atoms with Crippen molar-refractivity contribution in [3.63, 3.8) is 0 Å². The fraction of sp³-hybridized carbons (Fsp3) is 0.385. The summed E-state index contributed by atoms with van der Waals surface area (Å²) in [6.45, 7) is 7.80. The van der Waals surface area contributed by atoms with Crippen molar-refractivity contribution in [1.29, 1.82) is 0 Å². The molecule has 1 aromatic heterocycles. The van der Waals surface area contributed by atoms with E-state index in [2.05, 4.69) is 20.1 Å². The first-order chi connectivity index (χ1) is 17.4. The van der Waals surface area contributed by atoms with Gasteiger partial charge in [0.25, 0.3) is 0 Å². The quantitative estimate of drug-likeness (QED) is 0.485. The Balaban J connectivity index is 1.23. The predicted molar refractivity (Wildman–Crippen MR) is 132 cm³/mol. The number of hydrogen-bond acceptors (Lipinski definition) is 7. The number of amides is 1. The summed E-state index contributed by atoms with van der Waals surface area (Å²) in [6, 6.07) is 9.67. The molecule has 0 saturated carbocycles. The van der Waals surface area contributed by atoms with Gasteiger partial charge in [0.05, 0.1) is 18.3 Å². The number of ether oxygens (including phenoxy) is 3. The molecule has 10 heteroatoms. The number of hydrogen-bond donors (Lipinski definition) is 2. The van der Waals surface area contributed by atoms with Crippen LogP contribution in [0.5, 0.6) is 11.5 Å². The van der Waals surface area contributed by atoms with E-state index in [-0.39, 0.29) is 30.7 Å². The molecule has 2 aromatic carbocycles. The zero-order valence-corrected chi connectivity index (χ0v) is 20.3. The zero-order valence-electron chi connectivity index (χ0n) is 20.3. The van der Waals surface area contributed by atoms with Gasteiger partial charge in [0.15, 0.2) is 11.5 Å². The van der Waals surface area contributed by atoms with Crippen LogP contribution < -0.4 is 14.8 Å². The summed E-state index contributed by atoms with van der Waals surface area (Å²) in [4.78, 5) is 33.1. The minimum Gasteiger partial charge on any atom is -0.461 e. The molecule has 5 rings (SSSR count). The van der Waals surface area contributed by atoms with Crippen molar-refractivity contribution in [2.45, 2.75) is 26.4 Å². The maximum absolute atomic E-state index is 14.0. The van der Waals surface area contributed by atoms with Gasteiger partial charge in [-0.3, -0.25) is 14.6 Å². The Hall–Kier alpha value is -3.63. The topological polar surface area (TPSA) is 96.1 Å². The molecule has 0 unspecified atom stereocenters.